The van der Waals surface area contributed by atoms with Gasteiger partial charge in [0.1, 0.15) is 0 Å². The second-order valence-electron chi connectivity index (χ2n) is 10.9. The Hall–Kier alpha value is -3.49. The van der Waals surface area contributed by atoms with Crippen molar-refractivity contribution >= 4 is 34.9 Å². The normalized spacial score (nSPS) is 11.8. The molecule has 6 nitrogen and oxygen atoms in total. The van der Waals surface area contributed by atoms with E-state index in [0.717, 1.165) is 43.4 Å². The maximum atomic E-state index is 11.9. The maximum absolute atomic E-state index is 11.9. The van der Waals surface area contributed by atoms with Gasteiger partial charge in [-0.3, -0.25) is 9.69 Å². The summed E-state index contributed by atoms with van der Waals surface area (Å²) in [4.78, 5) is 28.7. The average Bonchev–Trinajstić information content (AvgIpc) is 3.52. The number of aryl methyl sites for hydroxylation is 2. The number of ether oxygens (including phenoxy) is 3. The zero-order valence-electron chi connectivity index (χ0n) is 26.1. The first kappa shape index (κ1) is 34.4. The molecule has 0 aliphatic carbocycles. The number of benzene rings is 3. The molecule has 45 heavy (non-hydrogen) atoms. The van der Waals surface area contributed by atoms with E-state index in [2.05, 4.69) is 47.4 Å². The molecule has 0 amide bonds. The molecule has 0 spiro atoms. The van der Waals surface area contributed by atoms with Gasteiger partial charge in [0.2, 0.25) is 0 Å². The van der Waals surface area contributed by atoms with Gasteiger partial charge in [0.25, 0.3) is 0 Å². The Morgan fingerprint density at radius 2 is 1.64 bits per heavy atom. The molecular formula is C37H42ClNO5S. The zero-order valence-corrected chi connectivity index (χ0v) is 27.7. The van der Waals surface area contributed by atoms with Crippen LogP contribution in [0.5, 0.6) is 0 Å². The third-order valence-corrected chi connectivity index (χ3v) is 8.84. The van der Waals surface area contributed by atoms with Crippen LogP contribution in [-0.4, -0.2) is 43.6 Å². The fraction of sp³-hybridized carbons (Fsp3) is 0.351. The Balaban J connectivity index is 1.45. The molecular weight excluding hydrogens is 606 g/mol. The number of thiophene rings is 1. The molecule has 1 aromatic heterocycles. The number of methoxy groups -OCH3 is 1. The van der Waals surface area contributed by atoms with Crippen molar-refractivity contribution in [3.63, 3.8) is 0 Å². The van der Waals surface area contributed by atoms with Gasteiger partial charge in [0, 0.05) is 34.3 Å². The summed E-state index contributed by atoms with van der Waals surface area (Å²) in [5.74, 6) is -0.523. The van der Waals surface area contributed by atoms with Crippen LogP contribution in [0.15, 0.2) is 91.0 Å². The van der Waals surface area contributed by atoms with Gasteiger partial charge in [-0.1, -0.05) is 66.2 Å². The van der Waals surface area contributed by atoms with Crippen LogP contribution in [0.4, 0.5) is 0 Å². The first-order valence-electron chi connectivity index (χ1n) is 15.5. The van der Waals surface area contributed by atoms with Crippen LogP contribution in [-0.2, 0) is 45.0 Å². The van der Waals surface area contributed by atoms with Crippen molar-refractivity contribution in [1.29, 1.82) is 0 Å². The number of rotatable bonds is 18. The number of unbranched alkanes of at least 4 members (excludes halogenated alkanes) is 1. The van der Waals surface area contributed by atoms with Gasteiger partial charge in [-0.15, -0.1) is 11.3 Å². The predicted octanol–water partition coefficient (Wildman–Crippen LogP) is 8.47. The molecule has 1 heterocycles. The highest BCUT2D eigenvalue weighted by Crippen LogP contribution is 2.27. The second-order valence-corrected chi connectivity index (χ2v) is 12.6. The summed E-state index contributed by atoms with van der Waals surface area (Å²) in [5.41, 5.74) is 3.94. The zero-order chi connectivity index (χ0) is 31.9. The number of carbonyl (C=O) groups is 2. The molecule has 4 aromatic rings. The number of hydrogen-bond donors (Lipinski definition) is 0. The van der Waals surface area contributed by atoms with Gasteiger partial charge >= 0.3 is 11.9 Å². The van der Waals surface area contributed by atoms with Crippen LogP contribution < -0.4 is 0 Å². The lowest BCUT2D eigenvalue weighted by atomic mass is 10.1. The highest BCUT2D eigenvalue weighted by atomic mass is 35.5. The molecule has 0 saturated carbocycles. The molecule has 1 atom stereocenters. The molecule has 0 bridgehead atoms. The minimum Gasteiger partial charge on any atom is -0.466 e. The second kappa shape index (κ2) is 18.5. The van der Waals surface area contributed by atoms with Crippen molar-refractivity contribution < 1.29 is 23.8 Å². The van der Waals surface area contributed by atoms with Crippen LogP contribution in [0.25, 0.3) is 0 Å². The number of hydrogen-bond acceptors (Lipinski definition) is 7. The Morgan fingerprint density at radius 3 is 2.38 bits per heavy atom. The van der Waals surface area contributed by atoms with Gasteiger partial charge in [-0.25, -0.2) is 4.79 Å². The number of esters is 2. The van der Waals surface area contributed by atoms with E-state index in [0.29, 0.717) is 43.3 Å². The lowest BCUT2D eigenvalue weighted by molar-refractivity contribution is -0.143. The van der Waals surface area contributed by atoms with Gasteiger partial charge in [-0.05, 0) is 92.2 Å². The summed E-state index contributed by atoms with van der Waals surface area (Å²) in [6.45, 7) is 4.76. The molecule has 0 aliphatic rings. The quantitative estimate of drug-likeness (QED) is 0.0797. The van der Waals surface area contributed by atoms with E-state index >= 15 is 0 Å². The summed E-state index contributed by atoms with van der Waals surface area (Å²) in [6, 6.07) is 30.3. The number of carbonyl (C=O) groups excluding carboxylic acids is 2. The molecule has 3 aromatic carbocycles. The average molecular weight is 648 g/mol. The Morgan fingerprint density at radius 1 is 0.867 bits per heavy atom. The lowest BCUT2D eigenvalue weighted by Crippen LogP contribution is -2.30. The summed E-state index contributed by atoms with van der Waals surface area (Å²) < 4.78 is 16.6. The van der Waals surface area contributed by atoms with Gasteiger partial charge < -0.3 is 14.2 Å². The molecule has 0 saturated heterocycles. The van der Waals surface area contributed by atoms with Crippen molar-refractivity contribution in [2.75, 3.05) is 26.8 Å². The first-order valence-corrected chi connectivity index (χ1v) is 16.7. The minimum atomic E-state index is -0.358. The van der Waals surface area contributed by atoms with Crippen molar-refractivity contribution in [2.24, 2.45) is 0 Å². The highest BCUT2D eigenvalue weighted by Gasteiger charge is 2.19. The van der Waals surface area contributed by atoms with E-state index in [1.165, 1.54) is 22.4 Å². The van der Waals surface area contributed by atoms with E-state index in [-0.39, 0.29) is 18.0 Å². The van der Waals surface area contributed by atoms with Gasteiger partial charge in [-0.2, -0.15) is 0 Å². The first-order chi connectivity index (χ1) is 21.9. The van der Waals surface area contributed by atoms with Crippen molar-refractivity contribution in [2.45, 2.75) is 58.3 Å². The molecule has 1 unspecified atom stereocenters. The van der Waals surface area contributed by atoms with E-state index in [1.807, 2.05) is 43.3 Å². The maximum Gasteiger partial charge on any atom is 0.337 e. The predicted molar refractivity (Wildman–Crippen MR) is 181 cm³/mol. The van der Waals surface area contributed by atoms with Crippen LogP contribution in [0.3, 0.4) is 0 Å². The van der Waals surface area contributed by atoms with Gasteiger partial charge in [0.05, 0.1) is 32.0 Å². The van der Waals surface area contributed by atoms with E-state index in [9.17, 15) is 9.59 Å². The molecule has 238 valence electrons. The third-order valence-electron chi connectivity index (χ3n) is 7.48. The third kappa shape index (κ3) is 11.7. The SMILES string of the molecule is CCOC(=O)CCCCN(Cc1ccc(C(=O)OC)cc1)CC(OCc1ccc(CCc2ccccc2)s1)c1cccc(Cl)c1. The molecule has 0 fully saturated rings. The summed E-state index contributed by atoms with van der Waals surface area (Å²) in [7, 11) is 1.38. The Kier molecular flexibility index (Phi) is 14.1. The molecule has 0 radical (unpaired) electrons. The van der Waals surface area contributed by atoms with Crippen LogP contribution >= 0.6 is 22.9 Å². The largest absolute Gasteiger partial charge is 0.466 e. The van der Waals surface area contributed by atoms with E-state index < -0.39 is 0 Å². The molecule has 0 aliphatic heterocycles. The fourth-order valence-electron chi connectivity index (χ4n) is 5.12. The van der Waals surface area contributed by atoms with Crippen LogP contribution in [0.1, 0.15) is 69.1 Å². The monoisotopic (exact) mass is 647 g/mol. The molecule has 0 N–H and O–H groups in total. The smallest absolute Gasteiger partial charge is 0.337 e. The van der Waals surface area contributed by atoms with E-state index in [4.69, 9.17) is 25.8 Å². The van der Waals surface area contributed by atoms with Crippen molar-refractivity contribution in [3.05, 3.63) is 128 Å². The van der Waals surface area contributed by atoms with E-state index in [1.54, 1.807) is 23.5 Å². The van der Waals surface area contributed by atoms with Crippen molar-refractivity contribution in [1.82, 2.24) is 4.90 Å². The van der Waals surface area contributed by atoms with Crippen LogP contribution in [0, 0.1) is 0 Å². The molecule has 8 heteroatoms. The number of halogens is 1. The van der Waals surface area contributed by atoms with Crippen molar-refractivity contribution in [3.8, 4) is 0 Å². The topological polar surface area (TPSA) is 65.1 Å². The summed E-state index contributed by atoms with van der Waals surface area (Å²) in [5, 5.41) is 0.666. The summed E-state index contributed by atoms with van der Waals surface area (Å²) >= 11 is 8.22. The Bertz CT molecular complexity index is 1470. The van der Waals surface area contributed by atoms with Crippen LogP contribution in [0.2, 0.25) is 5.02 Å². The van der Waals surface area contributed by atoms with Gasteiger partial charge in [0.15, 0.2) is 0 Å². The fourth-order valence-corrected chi connectivity index (χ4v) is 6.26. The number of nitrogens with zero attached hydrogens (tertiary/aromatic N) is 1. The summed E-state index contributed by atoms with van der Waals surface area (Å²) in [6.07, 6.45) is 3.75. The Labute approximate surface area is 275 Å². The highest BCUT2D eigenvalue weighted by molar-refractivity contribution is 7.11. The lowest BCUT2D eigenvalue weighted by Gasteiger charge is -2.28. The minimum absolute atomic E-state index is 0.165. The molecule has 4 rings (SSSR count). The standard InChI is InChI=1S/C37H42ClNO5S/c1-3-43-36(40)14-7-8-23-39(25-29-15-18-30(19-16-29)37(41)42-2)26-35(31-12-9-13-32(38)24-31)44-27-34-22-21-33(45-34)20-17-28-10-5-4-6-11-28/h4-6,9-13,15-16,18-19,21-22,24,35H,3,7-8,14,17,20,23,25-27H2,1-2H3.